The van der Waals surface area contributed by atoms with Gasteiger partial charge in [0.05, 0.1) is 12.4 Å². The first kappa shape index (κ1) is 35.8. The van der Waals surface area contributed by atoms with E-state index in [1.165, 1.54) is 4.80 Å². The van der Waals surface area contributed by atoms with Crippen LogP contribution < -0.4 is 20.9 Å². The number of aromatic nitrogens is 8. The predicted octanol–water partition coefficient (Wildman–Crippen LogP) is 2.24. The van der Waals surface area contributed by atoms with E-state index in [0.717, 1.165) is 16.7 Å². The first-order valence-electron chi connectivity index (χ1n) is 18.3. The summed E-state index contributed by atoms with van der Waals surface area (Å²) in [6, 6.07) is 25.3. The lowest BCUT2D eigenvalue weighted by Crippen LogP contribution is -2.43. The third-order valence-corrected chi connectivity index (χ3v) is 10.3. The van der Waals surface area contributed by atoms with E-state index in [1.54, 1.807) is 29.1 Å². The molecule has 284 valence electrons. The Labute approximate surface area is 315 Å². The fourth-order valence-electron chi connectivity index (χ4n) is 7.50. The van der Waals surface area contributed by atoms with Crippen LogP contribution in [0.5, 0.6) is 5.75 Å². The number of benzene rings is 3. The zero-order valence-corrected chi connectivity index (χ0v) is 29.8. The minimum Gasteiger partial charge on any atom is -0.508 e. The average Bonchev–Trinajstić information content (AvgIpc) is 4.02. The number of amides is 2. The Balaban J connectivity index is 1.07. The van der Waals surface area contributed by atoms with Gasteiger partial charge in [-0.3, -0.25) is 0 Å². The Morgan fingerprint density at radius 2 is 1.67 bits per heavy atom. The number of rotatable bonds is 12. The van der Waals surface area contributed by atoms with Gasteiger partial charge in [-0.1, -0.05) is 72.8 Å². The van der Waals surface area contributed by atoms with Crippen molar-refractivity contribution in [3.63, 3.8) is 0 Å². The van der Waals surface area contributed by atoms with Gasteiger partial charge in [-0.25, -0.2) is 9.78 Å². The zero-order valence-electron chi connectivity index (χ0n) is 29.8. The molecular formula is C38H42N12O5. The molecule has 5 atom stereocenters. The summed E-state index contributed by atoms with van der Waals surface area (Å²) in [6.07, 6.45) is 0.0728. The van der Waals surface area contributed by atoms with E-state index < -0.39 is 30.9 Å². The molecule has 17 nitrogen and oxygen atoms in total. The summed E-state index contributed by atoms with van der Waals surface area (Å²) >= 11 is 0. The summed E-state index contributed by atoms with van der Waals surface area (Å²) in [5.74, 6) is 1.17. The molecule has 2 amide bonds. The van der Waals surface area contributed by atoms with Crippen LogP contribution in [-0.4, -0.2) is 104 Å². The largest absolute Gasteiger partial charge is 0.508 e. The lowest BCUT2D eigenvalue weighted by Gasteiger charge is -2.22. The van der Waals surface area contributed by atoms with Gasteiger partial charge < -0.3 is 45.8 Å². The Bertz CT molecular complexity index is 2200. The standard InChI is InChI=1S/C38H42N12O5/c51-21-31-45-47-50(46-31)30-17-29(33(53)34(30)54)49-22-41-32-35(39-19-28(24-9-3-1-4-10-24)25-11-5-2-6-12-25)43-37(44-36(32)49)48-15-14-26(20-48)42-38(55)40-18-23-8-7-13-27(52)16-23/h1-13,16,22,26,28-30,33-34,51-54H,14-15,17-21H2,(H,39,43,44)(H2,40,42,55). The van der Waals surface area contributed by atoms with Gasteiger partial charge in [0.1, 0.15) is 30.6 Å². The smallest absolute Gasteiger partial charge is 0.315 e. The van der Waals surface area contributed by atoms with Crippen LogP contribution in [0.2, 0.25) is 0 Å². The lowest BCUT2D eigenvalue weighted by atomic mass is 9.91. The van der Waals surface area contributed by atoms with Gasteiger partial charge in [0.15, 0.2) is 22.8 Å². The number of fused-ring (bicyclic) bond motifs is 1. The monoisotopic (exact) mass is 746 g/mol. The molecule has 7 N–H and O–H groups in total. The van der Waals surface area contributed by atoms with E-state index in [1.807, 2.05) is 47.4 Å². The minimum atomic E-state index is -1.22. The van der Waals surface area contributed by atoms with Crippen molar-refractivity contribution in [3.05, 3.63) is 114 Å². The number of carbonyl (C=O) groups excluding carboxylic acids is 1. The van der Waals surface area contributed by atoms with E-state index >= 15 is 0 Å². The number of aliphatic hydroxyl groups excluding tert-OH is 3. The number of phenols is 1. The van der Waals surface area contributed by atoms with Crippen LogP contribution >= 0.6 is 0 Å². The highest BCUT2D eigenvalue weighted by atomic mass is 16.3. The second-order valence-electron chi connectivity index (χ2n) is 13.9. The maximum absolute atomic E-state index is 12.8. The zero-order chi connectivity index (χ0) is 37.9. The van der Waals surface area contributed by atoms with Crippen LogP contribution in [0.1, 0.15) is 53.4 Å². The highest BCUT2D eigenvalue weighted by Crippen LogP contribution is 2.40. The number of urea groups is 1. The normalized spacial score (nSPS) is 21.0. The molecule has 2 fully saturated rings. The van der Waals surface area contributed by atoms with E-state index in [-0.39, 0.29) is 42.5 Å². The summed E-state index contributed by atoms with van der Waals surface area (Å²) in [4.78, 5) is 30.8. The number of imidazole rings is 1. The third-order valence-electron chi connectivity index (χ3n) is 10.3. The van der Waals surface area contributed by atoms with E-state index in [4.69, 9.17) is 15.0 Å². The fourth-order valence-corrected chi connectivity index (χ4v) is 7.50. The quantitative estimate of drug-likeness (QED) is 0.0956. The molecule has 17 heteroatoms. The second kappa shape index (κ2) is 15.7. The number of nitrogens with zero attached hydrogens (tertiary/aromatic N) is 9. The Morgan fingerprint density at radius 1 is 0.927 bits per heavy atom. The van der Waals surface area contributed by atoms with Crippen molar-refractivity contribution in [1.82, 2.24) is 50.4 Å². The average molecular weight is 747 g/mol. The maximum atomic E-state index is 12.8. The van der Waals surface area contributed by atoms with Crippen molar-refractivity contribution in [3.8, 4) is 5.75 Å². The molecule has 1 aliphatic heterocycles. The van der Waals surface area contributed by atoms with Crippen LogP contribution in [0.3, 0.4) is 0 Å². The molecule has 55 heavy (non-hydrogen) atoms. The summed E-state index contributed by atoms with van der Waals surface area (Å²) in [6.45, 7) is 1.38. The second-order valence-corrected chi connectivity index (χ2v) is 13.9. The summed E-state index contributed by atoms with van der Waals surface area (Å²) in [5, 5.41) is 63.1. The number of anilines is 2. The molecule has 8 rings (SSSR count). The first-order valence-corrected chi connectivity index (χ1v) is 18.3. The van der Waals surface area contributed by atoms with E-state index in [9.17, 15) is 25.2 Å². The van der Waals surface area contributed by atoms with Crippen molar-refractivity contribution >= 4 is 29.0 Å². The number of phenolic OH excluding ortho intramolecular Hbond substituents is 1. The van der Waals surface area contributed by atoms with Crippen LogP contribution in [0, 0.1) is 0 Å². The van der Waals surface area contributed by atoms with E-state index in [2.05, 4.69) is 55.6 Å². The van der Waals surface area contributed by atoms with Gasteiger partial charge >= 0.3 is 6.03 Å². The Hall–Kier alpha value is -6.17. The van der Waals surface area contributed by atoms with Crippen molar-refractivity contribution in [2.24, 2.45) is 0 Å². The van der Waals surface area contributed by atoms with Crippen LogP contribution in [0.15, 0.2) is 91.3 Å². The summed E-state index contributed by atoms with van der Waals surface area (Å²) in [5.41, 5.74) is 4.00. The maximum Gasteiger partial charge on any atom is 0.315 e. The molecule has 0 bridgehead atoms. The number of nitrogens with one attached hydrogen (secondary N) is 3. The summed E-state index contributed by atoms with van der Waals surface area (Å²) < 4.78 is 1.76. The number of tetrazole rings is 1. The SMILES string of the molecule is O=C(NCc1cccc(O)c1)NC1CCN(c2nc(NCC(c3ccccc3)c3ccccc3)c3ncn(C4CC(n5nnc(CO)n5)C(O)C4O)c3n2)C1. The number of hydrogen-bond donors (Lipinski definition) is 7. The topological polar surface area (TPSA) is 225 Å². The van der Waals surface area contributed by atoms with Gasteiger partial charge in [0, 0.05) is 38.1 Å². The van der Waals surface area contributed by atoms with Gasteiger partial charge in [-0.2, -0.15) is 14.8 Å². The molecule has 0 radical (unpaired) electrons. The van der Waals surface area contributed by atoms with Gasteiger partial charge in [0.2, 0.25) is 5.95 Å². The molecule has 1 saturated heterocycles. The number of aromatic hydroxyl groups is 1. The van der Waals surface area contributed by atoms with Gasteiger partial charge in [0.25, 0.3) is 0 Å². The minimum absolute atomic E-state index is 0.0109. The number of aliphatic hydroxyl groups is 3. The molecule has 6 aromatic rings. The van der Waals surface area contributed by atoms with Crippen molar-refractivity contribution in [2.75, 3.05) is 29.9 Å². The van der Waals surface area contributed by atoms with Gasteiger partial charge in [-0.15, -0.1) is 10.2 Å². The molecule has 0 spiro atoms. The Kier molecular flexibility index (Phi) is 10.2. The molecule has 3 aromatic heterocycles. The lowest BCUT2D eigenvalue weighted by molar-refractivity contribution is 0.00469. The van der Waals surface area contributed by atoms with Crippen LogP contribution in [0.25, 0.3) is 11.2 Å². The third kappa shape index (κ3) is 7.62. The predicted molar refractivity (Wildman–Crippen MR) is 201 cm³/mol. The molecule has 1 saturated carbocycles. The highest BCUT2D eigenvalue weighted by molar-refractivity contribution is 5.84. The molecule has 5 unspecified atom stereocenters. The van der Waals surface area contributed by atoms with Crippen LogP contribution in [0.4, 0.5) is 16.6 Å². The fraction of sp³-hybridized carbons (Fsp3) is 0.342. The molecule has 1 aliphatic carbocycles. The molecule has 2 aliphatic rings. The van der Waals surface area contributed by atoms with Crippen LogP contribution in [-0.2, 0) is 13.2 Å². The number of hydrogen-bond acceptors (Lipinski definition) is 13. The van der Waals surface area contributed by atoms with Crippen molar-refractivity contribution in [2.45, 2.75) is 62.2 Å². The number of carbonyl (C=O) groups is 1. The Morgan fingerprint density at radius 3 is 2.38 bits per heavy atom. The summed E-state index contributed by atoms with van der Waals surface area (Å²) in [7, 11) is 0. The van der Waals surface area contributed by atoms with Gasteiger partial charge in [-0.05, 0) is 46.9 Å². The van der Waals surface area contributed by atoms with E-state index in [0.29, 0.717) is 49.0 Å². The van der Waals surface area contributed by atoms with Crippen molar-refractivity contribution in [1.29, 1.82) is 0 Å². The molecule has 3 aromatic carbocycles. The molecule has 4 heterocycles. The first-order chi connectivity index (χ1) is 26.8. The van der Waals surface area contributed by atoms with Crippen molar-refractivity contribution < 1.29 is 25.2 Å². The molecular weight excluding hydrogens is 704 g/mol. The highest BCUT2D eigenvalue weighted by Gasteiger charge is 2.45.